The molecule has 0 bridgehead atoms. The topological polar surface area (TPSA) is 0 Å². The van der Waals surface area contributed by atoms with E-state index in [0.29, 0.717) is 0 Å². The number of hydrogen-bond donors (Lipinski definition) is 0. The van der Waals surface area contributed by atoms with E-state index in [-0.39, 0.29) is 50.9 Å². The normalized spacial score (nSPS) is 10.2. The van der Waals surface area contributed by atoms with Crippen molar-refractivity contribution in [3.05, 3.63) is 0 Å². The molecule has 4 heteroatoms. The third-order valence-electron chi connectivity index (χ3n) is 4.41. The molecular formula is C20H46Br3P. The van der Waals surface area contributed by atoms with Crippen molar-refractivity contribution in [3.63, 3.8) is 0 Å². The van der Waals surface area contributed by atoms with Crippen molar-refractivity contribution in [2.75, 3.05) is 12.3 Å². The summed E-state index contributed by atoms with van der Waals surface area (Å²) in [6.07, 6.45) is 26.5. The first-order valence-electron chi connectivity index (χ1n) is 10.1. The molecule has 0 aromatic heterocycles. The zero-order valence-electron chi connectivity index (χ0n) is 16.5. The predicted molar refractivity (Wildman–Crippen MR) is 134 cm³/mol. The summed E-state index contributed by atoms with van der Waals surface area (Å²) in [6, 6.07) is 0. The standard InChI is InChI=1S/C20H43P.3BrH/c1-3-5-7-9-10-11-12-13-14-15-16-18-20-21-19-17-8-6-4-2;;;/h21H,3-20H2,1-2H3;3*1H. The molecule has 24 heavy (non-hydrogen) atoms. The molecule has 0 aliphatic heterocycles. The molecule has 1 atom stereocenters. The minimum atomic E-state index is 0. The maximum atomic E-state index is 2.30. The fraction of sp³-hybridized carbons (Fsp3) is 1.00. The van der Waals surface area contributed by atoms with E-state index in [1.165, 1.54) is 124 Å². The Bertz CT molecular complexity index is 162. The quantitative estimate of drug-likeness (QED) is 0.116. The van der Waals surface area contributed by atoms with Crippen molar-refractivity contribution in [1.82, 2.24) is 0 Å². The number of unbranched alkanes of at least 4 members (excludes halogenated alkanes) is 14. The van der Waals surface area contributed by atoms with Gasteiger partial charge in [-0.25, -0.2) is 0 Å². The average Bonchev–Trinajstić information content (AvgIpc) is 2.50. The molecule has 152 valence electrons. The van der Waals surface area contributed by atoms with Crippen LogP contribution in [0.25, 0.3) is 0 Å². The van der Waals surface area contributed by atoms with E-state index >= 15 is 0 Å². The molecule has 0 saturated carbocycles. The number of hydrogen-bond acceptors (Lipinski definition) is 0. The first-order chi connectivity index (χ1) is 10.4. The van der Waals surface area contributed by atoms with Crippen LogP contribution >= 0.6 is 59.5 Å². The summed E-state index contributed by atoms with van der Waals surface area (Å²) in [4.78, 5) is 0. The second-order valence-electron chi connectivity index (χ2n) is 6.70. The Balaban J connectivity index is -0.000000667. The number of rotatable bonds is 18. The molecular weight excluding hydrogens is 511 g/mol. The average molecular weight is 557 g/mol. The highest BCUT2D eigenvalue weighted by atomic mass is 79.9. The van der Waals surface area contributed by atoms with Crippen LogP contribution in [0.1, 0.15) is 117 Å². The summed E-state index contributed by atoms with van der Waals surface area (Å²) < 4.78 is 0. The van der Waals surface area contributed by atoms with Gasteiger partial charge in [-0.3, -0.25) is 0 Å². The van der Waals surface area contributed by atoms with Gasteiger partial charge in [-0.2, -0.15) is 0 Å². The minimum Gasteiger partial charge on any atom is -0.122 e. The largest absolute Gasteiger partial charge is 0.122 e. The smallest absolute Gasteiger partial charge is 0.0353 e. The molecule has 0 rings (SSSR count). The summed E-state index contributed by atoms with van der Waals surface area (Å²) in [5.41, 5.74) is 0. The molecule has 1 unspecified atom stereocenters. The first-order valence-corrected chi connectivity index (χ1v) is 11.5. The van der Waals surface area contributed by atoms with Crippen molar-refractivity contribution >= 4 is 59.5 Å². The molecule has 0 saturated heterocycles. The fourth-order valence-corrected chi connectivity index (χ4v) is 4.14. The zero-order chi connectivity index (χ0) is 15.4. The van der Waals surface area contributed by atoms with Gasteiger partial charge in [0, 0.05) is 0 Å². The Labute approximate surface area is 187 Å². The lowest BCUT2D eigenvalue weighted by Crippen LogP contribution is -1.85. The summed E-state index contributed by atoms with van der Waals surface area (Å²) in [7, 11) is 1.26. The van der Waals surface area contributed by atoms with Crippen LogP contribution in [0.4, 0.5) is 0 Å². The van der Waals surface area contributed by atoms with Gasteiger partial charge in [-0.1, -0.05) is 104 Å². The third kappa shape index (κ3) is 31.6. The maximum absolute atomic E-state index is 2.30. The molecule has 0 aliphatic rings. The van der Waals surface area contributed by atoms with Crippen LogP contribution in [0.2, 0.25) is 0 Å². The molecule has 0 aliphatic carbocycles. The van der Waals surface area contributed by atoms with Crippen LogP contribution < -0.4 is 0 Å². The Kier molecular flexibility index (Phi) is 45.3. The van der Waals surface area contributed by atoms with Gasteiger partial charge in [0.05, 0.1) is 0 Å². The molecule has 0 N–H and O–H groups in total. The van der Waals surface area contributed by atoms with E-state index < -0.39 is 0 Å². The van der Waals surface area contributed by atoms with Crippen LogP contribution in [0.15, 0.2) is 0 Å². The van der Waals surface area contributed by atoms with E-state index in [1.807, 2.05) is 0 Å². The molecule has 0 aromatic carbocycles. The Hall–Kier alpha value is 1.87. The van der Waals surface area contributed by atoms with Gasteiger partial charge >= 0.3 is 0 Å². The van der Waals surface area contributed by atoms with E-state index in [4.69, 9.17) is 0 Å². The monoisotopic (exact) mass is 554 g/mol. The van der Waals surface area contributed by atoms with Crippen LogP contribution in [0.5, 0.6) is 0 Å². The molecule has 0 fully saturated rings. The highest BCUT2D eigenvalue weighted by Gasteiger charge is 1.94. The van der Waals surface area contributed by atoms with Gasteiger partial charge in [0.15, 0.2) is 0 Å². The van der Waals surface area contributed by atoms with E-state index in [1.54, 1.807) is 0 Å². The lowest BCUT2D eigenvalue weighted by Gasteiger charge is -2.03. The zero-order valence-corrected chi connectivity index (χ0v) is 22.6. The summed E-state index contributed by atoms with van der Waals surface area (Å²) in [5.74, 6) is 0. The highest BCUT2D eigenvalue weighted by molar-refractivity contribution is 8.93. The third-order valence-corrected chi connectivity index (χ3v) is 5.83. The molecule has 0 radical (unpaired) electrons. The number of halogens is 3. The second-order valence-corrected chi connectivity index (χ2v) is 8.20. The van der Waals surface area contributed by atoms with Crippen LogP contribution in [0.3, 0.4) is 0 Å². The minimum absolute atomic E-state index is 0. The van der Waals surface area contributed by atoms with Crippen molar-refractivity contribution in [2.45, 2.75) is 117 Å². The van der Waals surface area contributed by atoms with E-state index in [2.05, 4.69) is 13.8 Å². The van der Waals surface area contributed by atoms with Crippen LogP contribution in [0, 0.1) is 0 Å². The fourth-order valence-electron chi connectivity index (χ4n) is 2.89. The summed E-state index contributed by atoms with van der Waals surface area (Å²) in [5, 5.41) is 0. The van der Waals surface area contributed by atoms with Gasteiger partial charge in [-0.05, 0) is 25.2 Å². The Morgan fingerprint density at radius 1 is 0.375 bits per heavy atom. The SMILES string of the molecule is Br.Br.Br.CCCCCCCCCCCCCCPCCCCCC. The highest BCUT2D eigenvalue weighted by Crippen LogP contribution is 2.18. The van der Waals surface area contributed by atoms with Crippen LogP contribution in [-0.2, 0) is 0 Å². The maximum Gasteiger partial charge on any atom is -0.0353 e. The van der Waals surface area contributed by atoms with Gasteiger partial charge in [0.1, 0.15) is 0 Å². The van der Waals surface area contributed by atoms with Crippen molar-refractivity contribution in [2.24, 2.45) is 0 Å². The predicted octanol–water partition coefficient (Wildman–Crippen LogP) is 9.68. The molecule has 0 heterocycles. The van der Waals surface area contributed by atoms with Crippen molar-refractivity contribution in [1.29, 1.82) is 0 Å². The van der Waals surface area contributed by atoms with Gasteiger partial charge < -0.3 is 0 Å². The summed E-state index contributed by atoms with van der Waals surface area (Å²) >= 11 is 0. The lowest BCUT2D eigenvalue weighted by molar-refractivity contribution is 0.548. The van der Waals surface area contributed by atoms with E-state index in [9.17, 15) is 0 Å². The lowest BCUT2D eigenvalue weighted by atomic mass is 10.1. The van der Waals surface area contributed by atoms with E-state index in [0.717, 1.165) is 0 Å². The molecule has 0 amide bonds. The van der Waals surface area contributed by atoms with Crippen LogP contribution in [-0.4, -0.2) is 12.3 Å². The Morgan fingerprint density at radius 2 is 0.625 bits per heavy atom. The van der Waals surface area contributed by atoms with Gasteiger partial charge in [0.2, 0.25) is 0 Å². The summed E-state index contributed by atoms with van der Waals surface area (Å²) in [6.45, 7) is 4.60. The first kappa shape index (κ1) is 33.5. The molecule has 0 aromatic rings. The van der Waals surface area contributed by atoms with Gasteiger partial charge in [0.25, 0.3) is 0 Å². The van der Waals surface area contributed by atoms with Gasteiger partial charge in [-0.15, -0.1) is 59.5 Å². The Morgan fingerprint density at radius 3 is 0.958 bits per heavy atom. The molecule has 0 spiro atoms. The van der Waals surface area contributed by atoms with Crippen molar-refractivity contribution < 1.29 is 0 Å². The second kappa shape index (κ2) is 32.5. The molecule has 0 nitrogen and oxygen atoms in total. The van der Waals surface area contributed by atoms with Crippen molar-refractivity contribution in [3.8, 4) is 0 Å².